The first-order valence-corrected chi connectivity index (χ1v) is 27.8. The van der Waals surface area contributed by atoms with Crippen LogP contribution >= 0.6 is 0 Å². The molecule has 0 amide bonds. The van der Waals surface area contributed by atoms with E-state index < -0.39 is 19.8 Å². The minimum atomic E-state index is -2.84. The second-order valence-electron chi connectivity index (χ2n) is 19.1. The van der Waals surface area contributed by atoms with Crippen molar-refractivity contribution in [2.75, 3.05) is 14.7 Å². The van der Waals surface area contributed by atoms with Gasteiger partial charge < -0.3 is 0 Å². The van der Waals surface area contributed by atoms with Crippen LogP contribution in [0.4, 0.5) is 51.2 Å². The van der Waals surface area contributed by atoms with Gasteiger partial charge in [-0.15, -0.1) is 0 Å². The summed E-state index contributed by atoms with van der Waals surface area (Å²) < 4.78 is 4.57. The van der Waals surface area contributed by atoms with Gasteiger partial charge in [-0.05, 0) is 0 Å². The SMILES string of the molecule is c1ccc(N2c3cccc4[c]3[GeH]3[c]5c2cccc5N(c2ccccc2)c2cc(-c5ccc6c7c(ccc6c5)-c5ccccc5C75c6ccccc6-c6ccccc65)cc([c]23)N4c2ccccc2)cc1. The van der Waals surface area contributed by atoms with Crippen molar-refractivity contribution in [3.63, 3.8) is 0 Å². The van der Waals surface area contributed by atoms with E-state index in [1.165, 1.54) is 131 Å². The number of rotatable bonds is 4. The summed E-state index contributed by atoms with van der Waals surface area (Å²) in [6, 6.07) is 91.7. The summed E-state index contributed by atoms with van der Waals surface area (Å²) in [6.07, 6.45) is 0. The monoisotopic (exact) mass is 937 g/mol. The van der Waals surface area contributed by atoms with E-state index >= 15 is 0 Å². The van der Waals surface area contributed by atoms with Crippen molar-refractivity contribution in [3.8, 4) is 33.4 Å². The van der Waals surface area contributed by atoms with Gasteiger partial charge in [0.2, 0.25) is 0 Å². The van der Waals surface area contributed by atoms with Crippen LogP contribution in [-0.2, 0) is 5.41 Å². The Hall–Kier alpha value is -8.38. The van der Waals surface area contributed by atoms with Crippen LogP contribution in [-0.4, -0.2) is 14.3 Å². The molecule has 69 heavy (non-hydrogen) atoms. The predicted molar refractivity (Wildman–Crippen MR) is 289 cm³/mol. The average molecular weight is 937 g/mol. The van der Waals surface area contributed by atoms with Gasteiger partial charge in [0.25, 0.3) is 0 Å². The summed E-state index contributed by atoms with van der Waals surface area (Å²) in [7, 11) is 0. The number of anilines is 9. The number of benzene rings is 11. The number of para-hydroxylation sites is 3. The van der Waals surface area contributed by atoms with Crippen LogP contribution in [0.5, 0.6) is 0 Å². The summed E-state index contributed by atoms with van der Waals surface area (Å²) in [4.78, 5) is 7.70. The summed E-state index contributed by atoms with van der Waals surface area (Å²) in [6.45, 7) is 0. The number of hydrogen-bond acceptors (Lipinski definition) is 3. The van der Waals surface area contributed by atoms with Crippen molar-refractivity contribution in [2.24, 2.45) is 0 Å². The Labute approximate surface area is 405 Å². The second-order valence-corrected chi connectivity index (χ2v) is 24.6. The van der Waals surface area contributed by atoms with Crippen molar-refractivity contribution in [1.29, 1.82) is 0 Å². The summed E-state index contributed by atoms with van der Waals surface area (Å²) in [5.74, 6) is 0. The normalized spacial score (nSPS) is 14.6. The number of nitrogens with zero attached hydrogens (tertiary/aromatic N) is 3. The average Bonchev–Trinajstić information content (AvgIpc) is 3.89. The first-order valence-electron chi connectivity index (χ1n) is 24.1. The first-order chi connectivity index (χ1) is 34.3. The third-order valence-electron chi connectivity index (χ3n) is 15.9. The molecular weight excluding hydrogens is 895 g/mol. The third-order valence-corrected chi connectivity index (χ3v) is 23.3. The number of hydrogen-bond donors (Lipinski definition) is 0. The molecule has 0 unspecified atom stereocenters. The topological polar surface area (TPSA) is 9.72 Å². The fourth-order valence-electron chi connectivity index (χ4n) is 13.4. The van der Waals surface area contributed by atoms with Gasteiger partial charge in [-0.2, -0.15) is 0 Å². The van der Waals surface area contributed by atoms with Gasteiger partial charge in [-0.3, -0.25) is 0 Å². The van der Waals surface area contributed by atoms with Crippen LogP contribution in [0.15, 0.2) is 243 Å². The third kappa shape index (κ3) is 4.82. The maximum absolute atomic E-state index is 2.84. The molecule has 11 aromatic rings. The molecule has 4 heteroatoms. The number of fused-ring (bicyclic) bond motifs is 12. The van der Waals surface area contributed by atoms with Crippen molar-refractivity contribution < 1.29 is 0 Å². The molecule has 5 aliphatic rings. The summed E-state index contributed by atoms with van der Waals surface area (Å²) in [5, 5.41) is 2.56. The van der Waals surface area contributed by atoms with E-state index in [0.29, 0.717) is 0 Å². The standard InChI is InChI=1S/C65H41GeN3/c1-4-18-44(19-5-1)67-55-30-16-32-57-62(55)66-63-56(67)31-17-33-58(63)69(46-22-8-3-9-23-46)60-40-43(39-59(64(60)66)68(57)45-20-6-2-7-21-45)41-34-36-47-42(38-41)35-37-51-50-26-12-15-29-54(50)65(61(47)51)52-27-13-10-24-48(52)49-25-11-14-28-53(49)65/h1-40,66H. The Morgan fingerprint density at radius 2 is 0.696 bits per heavy atom. The van der Waals surface area contributed by atoms with Crippen molar-refractivity contribution >= 4 is 89.5 Å². The summed E-state index contributed by atoms with van der Waals surface area (Å²) >= 11 is -2.84. The molecule has 3 heterocycles. The van der Waals surface area contributed by atoms with Crippen LogP contribution in [0.1, 0.15) is 22.3 Å². The molecule has 0 atom stereocenters. The van der Waals surface area contributed by atoms with E-state index in [-0.39, 0.29) is 0 Å². The van der Waals surface area contributed by atoms with Gasteiger partial charge in [0.15, 0.2) is 0 Å². The predicted octanol–water partition coefficient (Wildman–Crippen LogP) is 14.4. The Balaban J connectivity index is 0.968. The van der Waals surface area contributed by atoms with Crippen LogP contribution in [0, 0.1) is 0 Å². The molecule has 3 nitrogen and oxygen atoms in total. The van der Waals surface area contributed by atoms with E-state index in [2.05, 4.69) is 257 Å². The van der Waals surface area contributed by atoms with E-state index in [1.807, 2.05) is 0 Å². The molecule has 0 saturated heterocycles. The van der Waals surface area contributed by atoms with Gasteiger partial charge in [-0.25, -0.2) is 0 Å². The Morgan fingerprint density at radius 3 is 1.17 bits per heavy atom. The second kappa shape index (κ2) is 13.9. The summed E-state index contributed by atoms with van der Waals surface area (Å²) in [5.41, 5.74) is 24.1. The zero-order valence-electron chi connectivity index (χ0n) is 37.5. The molecule has 0 aromatic heterocycles. The molecule has 1 spiro atoms. The molecule has 2 aliphatic carbocycles. The van der Waals surface area contributed by atoms with E-state index in [4.69, 9.17) is 0 Å². The molecule has 3 aliphatic heterocycles. The first kappa shape index (κ1) is 37.7. The molecule has 0 saturated carbocycles. The molecule has 0 radical (unpaired) electrons. The Morgan fingerprint density at radius 1 is 0.290 bits per heavy atom. The molecular formula is C65H41GeN3. The van der Waals surface area contributed by atoms with Crippen LogP contribution in [0.25, 0.3) is 44.2 Å². The van der Waals surface area contributed by atoms with Crippen LogP contribution < -0.4 is 27.9 Å². The molecule has 0 fully saturated rings. The molecule has 16 rings (SSSR count). The Bertz CT molecular complexity index is 3810. The van der Waals surface area contributed by atoms with Crippen molar-refractivity contribution in [2.45, 2.75) is 5.41 Å². The Kier molecular flexibility index (Phi) is 7.57. The zero-order valence-corrected chi connectivity index (χ0v) is 39.9. The molecule has 11 aromatic carbocycles. The van der Waals surface area contributed by atoms with Crippen molar-refractivity contribution in [1.82, 2.24) is 0 Å². The van der Waals surface area contributed by atoms with Crippen molar-refractivity contribution in [3.05, 3.63) is 265 Å². The van der Waals surface area contributed by atoms with E-state index in [9.17, 15) is 0 Å². The van der Waals surface area contributed by atoms with Crippen LogP contribution in [0.2, 0.25) is 0 Å². The fraction of sp³-hybridized carbons (Fsp3) is 0.0154. The minimum absolute atomic E-state index is 0.413. The van der Waals surface area contributed by atoms with Gasteiger partial charge in [0.1, 0.15) is 0 Å². The van der Waals surface area contributed by atoms with Gasteiger partial charge in [0.05, 0.1) is 0 Å². The van der Waals surface area contributed by atoms with Crippen LogP contribution in [0.3, 0.4) is 0 Å². The quantitative estimate of drug-likeness (QED) is 0.163. The fourth-order valence-corrected chi connectivity index (χ4v) is 21.7. The van der Waals surface area contributed by atoms with E-state index in [1.54, 1.807) is 0 Å². The van der Waals surface area contributed by atoms with E-state index in [0.717, 1.165) is 0 Å². The van der Waals surface area contributed by atoms with Gasteiger partial charge in [0, 0.05) is 0 Å². The molecule has 0 N–H and O–H groups in total. The maximum atomic E-state index is 2.58. The van der Waals surface area contributed by atoms with Gasteiger partial charge in [-0.1, -0.05) is 48.5 Å². The zero-order chi connectivity index (χ0) is 45.0. The molecule has 320 valence electrons. The molecule has 0 bridgehead atoms. The van der Waals surface area contributed by atoms with Gasteiger partial charge >= 0.3 is 359 Å².